The van der Waals surface area contributed by atoms with Crippen molar-refractivity contribution in [3.63, 3.8) is 0 Å². The lowest BCUT2D eigenvalue weighted by molar-refractivity contribution is 0.473. The summed E-state index contributed by atoms with van der Waals surface area (Å²) in [6.07, 6.45) is 3.76. The molecule has 0 aliphatic rings. The number of benzene rings is 1. The maximum Gasteiger partial charge on any atom is 0.226 e. The van der Waals surface area contributed by atoms with Gasteiger partial charge in [0, 0.05) is 44.5 Å². The van der Waals surface area contributed by atoms with Gasteiger partial charge in [-0.15, -0.1) is 0 Å². The molecule has 0 aliphatic carbocycles. The highest BCUT2D eigenvalue weighted by Crippen LogP contribution is 2.20. The van der Waals surface area contributed by atoms with E-state index in [-0.39, 0.29) is 0 Å². The Morgan fingerprint density at radius 2 is 2.03 bits per heavy atom. The van der Waals surface area contributed by atoms with E-state index in [1.54, 1.807) is 6.26 Å². The van der Waals surface area contributed by atoms with Gasteiger partial charge in [0.1, 0.15) is 12.0 Å². The lowest BCUT2D eigenvalue weighted by Crippen LogP contribution is -2.38. The monoisotopic (exact) mass is 394 g/mol. The molecule has 2 aromatic heterocycles. The zero-order valence-electron chi connectivity index (χ0n) is 17.9. The maximum absolute atomic E-state index is 5.62. The van der Waals surface area contributed by atoms with Gasteiger partial charge in [0.2, 0.25) is 5.89 Å². The first-order valence-electron chi connectivity index (χ1n) is 9.99. The lowest BCUT2D eigenvalue weighted by Gasteiger charge is -2.22. The molecule has 0 radical (unpaired) electrons. The van der Waals surface area contributed by atoms with Crippen LogP contribution in [0.4, 0.5) is 0 Å². The fourth-order valence-electron chi connectivity index (χ4n) is 3.21. The van der Waals surface area contributed by atoms with Crippen LogP contribution in [0.5, 0.6) is 0 Å². The lowest BCUT2D eigenvalue weighted by atomic mass is 10.1. The summed E-state index contributed by atoms with van der Waals surface area (Å²) in [6, 6.07) is 9.88. The molecule has 0 spiro atoms. The van der Waals surface area contributed by atoms with Gasteiger partial charge in [-0.05, 0) is 25.0 Å². The summed E-state index contributed by atoms with van der Waals surface area (Å²) < 4.78 is 7.50. The Kier molecular flexibility index (Phi) is 6.69. The topological polar surface area (TPSA) is 71.5 Å². The minimum atomic E-state index is 0.380. The number of hydrogen-bond donors (Lipinski definition) is 1. The molecule has 0 aliphatic heterocycles. The second kappa shape index (κ2) is 9.41. The van der Waals surface area contributed by atoms with Gasteiger partial charge in [-0.1, -0.05) is 32.0 Å². The quantitative estimate of drug-likeness (QED) is 0.488. The molecule has 7 heteroatoms. The number of oxazole rings is 1. The number of hydrogen-bond acceptors (Lipinski definition) is 4. The molecule has 0 atom stereocenters. The Labute approximate surface area is 172 Å². The standard InChI is InChI=1S/C22H30N6O/c1-6-23-22(27(4)13-18-14-28(5)26-20(18)16(2)3)24-12-19-15-29-21(25-19)17-10-8-7-9-11-17/h7-11,14-16H,6,12-13H2,1-5H3,(H,23,24). The van der Waals surface area contributed by atoms with Crippen LogP contribution in [-0.4, -0.2) is 39.2 Å². The van der Waals surface area contributed by atoms with Crippen molar-refractivity contribution in [2.75, 3.05) is 13.6 Å². The van der Waals surface area contributed by atoms with Crippen molar-refractivity contribution in [1.29, 1.82) is 0 Å². The number of aryl methyl sites for hydroxylation is 1. The third-order valence-corrected chi connectivity index (χ3v) is 4.55. The number of guanidine groups is 1. The van der Waals surface area contributed by atoms with Crippen LogP contribution in [0.2, 0.25) is 0 Å². The first-order valence-corrected chi connectivity index (χ1v) is 9.99. The van der Waals surface area contributed by atoms with Gasteiger partial charge in [0.15, 0.2) is 5.96 Å². The molecule has 0 saturated carbocycles. The molecule has 0 saturated heterocycles. The highest BCUT2D eigenvalue weighted by atomic mass is 16.3. The smallest absolute Gasteiger partial charge is 0.226 e. The molecule has 3 rings (SSSR count). The van der Waals surface area contributed by atoms with Crippen LogP contribution in [0.3, 0.4) is 0 Å². The van der Waals surface area contributed by atoms with E-state index in [4.69, 9.17) is 9.41 Å². The average molecular weight is 395 g/mol. The summed E-state index contributed by atoms with van der Waals surface area (Å²) in [5, 5.41) is 7.96. The van der Waals surface area contributed by atoms with E-state index in [0.717, 1.165) is 36.0 Å². The second-order valence-electron chi connectivity index (χ2n) is 7.40. The summed E-state index contributed by atoms with van der Waals surface area (Å²) in [6.45, 7) is 8.38. The molecular weight excluding hydrogens is 364 g/mol. The van der Waals surface area contributed by atoms with Crippen LogP contribution in [0.15, 0.2) is 52.2 Å². The Bertz CT molecular complexity index is 941. The van der Waals surface area contributed by atoms with Crippen LogP contribution in [0.25, 0.3) is 11.5 Å². The van der Waals surface area contributed by atoms with Crippen molar-refractivity contribution in [3.8, 4) is 11.5 Å². The van der Waals surface area contributed by atoms with E-state index in [0.29, 0.717) is 18.4 Å². The molecule has 0 amide bonds. The van der Waals surface area contributed by atoms with E-state index in [1.165, 1.54) is 5.56 Å². The van der Waals surface area contributed by atoms with Crippen molar-refractivity contribution in [2.24, 2.45) is 12.0 Å². The summed E-state index contributed by atoms with van der Waals surface area (Å²) >= 11 is 0. The summed E-state index contributed by atoms with van der Waals surface area (Å²) in [5.41, 5.74) is 4.10. The summed E-state index contributed by atoms with van der Waals surface area (Å²) in [4.78, 5) is 11.4. The number of nitrogens with one attached hydrogen (secondary N) is 1. The molecule has 0 fully saturated rings. The van der Waals surface area contributed by atoms with Gasteiger partial charge in [0.25, 0.3) is 0 Å². The number of aromatic nitrogens is 3. The molecule has 29 heavy (non-hydrogen) atoms. The second-order valence-corrected chi connectivity index (χ2v) is 7.40. The van der Waals surface area contributed by atoms with Crippen LogP contribution >= 0.6 is 0 Å². The normalized spacial score (nSPS) is 11.9. The number of rotatable bonds is 7. The Balaban J connectivity index is 1.72. The van der Waals surface area contributed by atoms with Gasteiger partial charge < -0.3 is 14.6 Å². The SMILES string of the molecule is CCNC(=NCc1coc(-c2ccccc2)n1)N(C)Cc1cn(C)nc1C(C)C. The van der Waals surface area contributed by atoms with Crippen molar-refractivity contribution in [3.05, 3.63) is 59.7 Å². The molecule has 1 aromatic carbocycles. The molecule has 3 aromatic rings. The number of nitrogens with zero attached hydrogens (tertiary/aromatic N) is 5. The molecule has 0 unspecified atom stereocenters. The average Bonchev–Trinajstić information content (AvgIpc) is 3.32. The molecule has 0 bridgehead atoms. The van der Waals surface area contributed by atoms with Crippen molar-refractivity contribution in [2.45, 2.75) is 39.8 Å². The minimum absolute atomic E-state index is 0.380. The maximum atomic E-state index is 5.62. The predicted molar refractivity (Wildman–Crippen MR) is 116 cm³/mol. The highest BCUT2D eigenvalue weighted by molar-refractivity contribution is 5.79. The number of aliphatic imine (C=N–C) groups is 1. The fourth-order valence-corrected chi connectivity index (χ4v) is 3.21. The molecule has 2 heterocycles. The van der Waals surface area contributed by atoms with E-state index in [2.05, 4.69) is 47.3 Å². The van der Waals surface area contributed by atoms with E-state index >= 15 is 0 Å². The third-order valence-electron chi connectivity index (χ3n) is 4.55. The zero-order valence-corrected chi connectivity index (χ0v) is 17.9. The van der Waals surface area contributed by atoms with Crippen LogP contribution in [0, 0.1) is 0 Å². The van der Waals surface area contributed by atoms with Crippen LogP contribution in [0.1, 0.15) is 43.6 Å². The Hall–Kier alpha value is -3.09. The van der Waals surface area contributed by atoms with Gasteiger partial charge >= 0.3 is 0 Å². The van der Waals surface area contributed by atoms with E-state index < -0.39 is 0 Å². The highest BCUT2D eigenvalue weighted by Gasteiger charge is 2.15. The molecule has 1 N–H and O–H groups in total. The van der Waals surface area contributed by atoms with Gasteiger partial charge in [-0.3, -0.25) is 4.68 Å². The van der Waals surface area contributed by atoms with E-state index in [1.807, 2.05) is 49.1 Å². The zero-order chi connectivity index (χ0) is 20.8. The van der Waals surface area contributed by atoms with Crippen molar-refractivity contribution in [1.82, 2.24) is 25.0 Å². The summed E-state index contributed by atoms with van der Waals surface area (Å²) in [7, 11) is 4.00. The first-order chi connectivity index (χ1) is 14.0. The fraction of sp³-hybridized carbons (Fsp3) is 0.409. The van der Waals surface area contributed by atoms with Gasteiger partial charge in [-0.25, -0.2) is 9.98 Å². The predicted octanol–water partition coefficient (Wildman–Crippen LogP) is 3.80. The summed E-state index contributed by atoms with van der Waals surface area (Å²) in [5.74, 6) is 1.83. The van der Waals surface area contributed by atoms with Gasteiger partial charge in [-0.2, -0.15) is 5.10 Å². The largest absolute Gasteiger partial charge is 0.444 e. The third kappa shape index (κ3) is 5.25. The molecule has 154 valence electrons. The van der Waals surface area contributed by atoms with E-state index in [9.17, 15) is 0 Å². The molecule has 7 nitrogen and oxygen atoms in total. The van der Waals surface area contributed by atoms with Crippen LogP contribution < -0.4 is 5.32 Å². The van der Waals surface area contributed by atoms with Crippen LogP contribution in [-0.2, 0) is 20.1 Å². The van der Waals surface area contributed by atoms with Gasteiger partial charge in [0.05, 0.1) is 12.2 Å². The Morgan fingerprint density at radius 1 is 1.28 bits per heavy atom. The first kappa shape index (κ1) is 20.6. The van der Waals surface area contributed by atoms with Crippen molar-refractivity contribution >= 4 is 5.96 Å². The molecular formula is C22H30N6O. The Morgan fingerprint density at radius 3 is 2.72 bits per heavy atom. The van der Waals surface area contributed by atoms with Crippen molar-refractivity contribution < 1.29 is 4.42 Å². The minimum Gasteiger partial charge on any atom is -0.444 e.